The van der Waals surface area contributed by atoms with E-state index in [-0.39, 0.29) is 16.9 Å². The van der Waals surface area contributed by atoms with Crippen LogP contribution in [0.4, 0.5) is 5.82 Å². The average molecular weight is 546 g/mol. The number of fused-ring (bicyclic) bond motifs is 3. The van der Waals surface area contributed by atoms with Gasteiger partial charge in [-0.05, 0) is 82.2 Å². The molecule has 206 valence electrons. The first-order valence-corrected chi connectivity index (χ1v) is 17.7. The molecule has 2 aliphatic rings. The first kappa shape index (κ1) is 28.5. The number of nitrogens with zero attached hydrogens (tertiary/aromatic N) is 4. The molecule has 9 heteroatoms. The summed E-state index contributed by atoms with van der Waals surface area (Å²) >= 11 is 1.79. The molecule has 7 nitrogen and oxygen atoms in total. The Morgan fingerprint density at radius 2 is 1.84 bits per heavy atom. The van der Waals surface area contributed by atoms with Gasteiger partial charge in [0.2, 0.25) is 5.91 Å². The Balaban J connectivity index is 1.41. The van der Waals surface area contributed by atoms with Gasteiger partial charge in [-0.1, -0.05) is 20.8 Å². The molecule has 2 heterocycles. The number of amides is 1. The maximum atomic E-state index is 13.2. The molecule has 1 N–H and O–H groups in total. The Labute approximate surface area is 228 Å². The molecule has 1 fully saturated rings. The summed E-state index contributed by atoms with van der Waals surface area (Å²) in [6.07, 6.45) is 9.02. The molecule has 0 bridgehead atoms. The summed E-state index contributed by atoms with van der Waals surface area (Å²) in [5.41, 5.74) is 1.32. The van der Waals surface area contributed by atoms with Gasteiger partial charge in [0.1, 0.15) is 17.0 Å². The Bertz CT molecular complexity index is 1090. The topological polar surface area (TPSA) is 70.6 Å². The molecule has 0 saturated heterocycles. The van der Waals surface area contributed by atoms with E-state index >= 15 is 0 Å². The van der Waals surface area contributed by atoms with Gasteiger partial charge in [-0.15, -0.1) is 11.3 Å². The van der Waals surface area contributed by atoms with Crippen molar-refractivity contribution in [1.82, 2.24) is 19.8 Å². The van der Waals surface area contributed by atoms with E-state index in [0.717, 1.165) is 41.7 Å². The van der Waals surface area contributed by atoms with E-state index < -0.39 is 8.32 Å². The van der Waals surface area contributed by atoms with Crippen LogP contribution in [0.5, 0.6) is 0 Å². The summed E-state index contributed by atoms with van der Waals surface area (Å²) in [5, 5.41) is 5.12. The second kappa shape index (κ2) is 11.3. The maximum Gasteiger partial charge on any atom is 0.223 e. The van der Waals surface area contributed by atoms with Crippen LogP contribution in [0.1, 0.15) is 75.7 Å². The summed E-state index contributed by atoms with van der Waals surface area (Å²) < 4.78 is 6.31. The van der Waals surface area contributed by atoms with Gasteiger partial charge in [-0.25, -0.2) is 9.97 Å². The van der Waals surface area contributed by atoms with Gasteiger partial charge in [0.15, 0.2) is 8.32 Å². The minimum Gasteiger partial charge on any atom is -0.415 e. The third-order valence-electron chi connectivity index (χ3n) is 9.04. The lowest BCUT2D eigenvalue weighted by Crippen LogP contribution is -2.43. The normalized spacial score (nSPS) is 22.5. The second-order valence-electron chi connectivity index (χ2n) is 12.8. The fraction of sp³-hybridized carbons (Fsp3) is 0.750. The SMILES string of the molecule is CN(CCO[Si](C)(C)C(C)(C)C)C(=O)CC1CCc2sc3ncnc(N[C@H]4CC[C@H](N(C)C)CC4)c3c21. The summed E-state index contributed by atoms with van der Waals surface area (Å²) in [6.45, 7) is 12.5. The number of hydrogen-bond acceptors (Lipinski definition) is 7. The number of likely N-dealkylation sites (N-methyl/N-ethyl adjacent to an activating group) is 1. The first-order chi connectivity index (χ1) is 17.4. The lowest BCUT2D eigenvalue weighted by molar-refractivity contribution is -0.130. The summed E-state index contributed by atoms with van der Waals surface area (Å²) in [7, 11) is 4.47. The molecule has 0 aliphatic heterocycles. The largest absolute Gasteiger partial charge is 0.415 e. The molecule has 2 aromatic heterocycles. The molecule has 1 unspecified atom stereocenters. The highest BCUT2D eigenvalue weighted by atomic mass is 32.1. The van der Waals surface area contributed by atoms with Crippen molar-refractivity contribution in [2.24, 2.45) is 0 Å². The number of hydrogen-bond donors (Lipinski definition) is 1. The molecule has 1 amide bonds. The highest BCUT2D eigenvalue weighted by Gasteiger charge is 2.37. The Morgan fingerprint density at radius 3 is 2.49 bits per heavy atom. The van der Waals surface area contributed by atoms with Crippen LogP contribution in [0.2, 0.25) is 18.1 Å². The number of carbonyl (C=O) groups excluding carboxylic acids is 1. The van der Waals surface area contributed by atoms with Crippen molar-refractivity contribution in [3.05, 3.63) is 16.8 Å². The van der Waals surface area contributed by atoms with Crippen molar-refractivity contribution in [3.63, 3.8) is 0 Å². The smallest absolute Gasteiger partial charge is 0.223 e. The van der Waals surface area contributed by atoms with Crippen molar-refractivity contribution in [2.45, 2.75) is 102 Å². The predicted octanol–water partition coefficient (Wildman–Crippen LogP) is 5.88. The summed E-state index contributed by atoms with van der Waals surface area (Å²) in [5.74, 6) is 1.40. The monoisotopic (exact) mass is 545 g/mol. The van der Waals surface area contributed by atoms with Crippen LogP contribution in [0.25, 0.3) is 10.2 Å². The number of carbonyl (C=O) groups is 1. The van der Waals surface area contributed by atoms with Gasteiger partial charge in [0.25, 0.3) is 0 Å². The van der Waals surface area contributed by atoms with Crippen LogP contribution >= 0.6 is 11.3 Å². The summed E-state index contributed by atoms with van der Waals surface area (Å²) in [6, 6.07) is 1.12. The van der Waals surface area contributed by atoms with Gasteiger partial charge in [0.05, 0.1) is 12.0 Å². The maximum absolute atomic E-state index is 13.2. The van der Waals surface area contributed by atoms with Gasteiger partial charge >= 0.3 is 0 Å². The molecule has 37 heavy (non-hydrogen) atoms. The molecule has 2 aromatic rings. The molecule has 2 aliphatic carbocycles. The lowest BCUT2D eigenvalue weighted by atomic mass is 9.90. The minimum atomic E-state index is -1.81. The van der Waals surface area contributed by atoms with Crippen LogP contribution in [0.15, 0.2) is 6.33 Å². The van der Waals surface area contributed by atoms with Crippen LogP contribution < -0.4 is 5.32 Å². The molecular weight excluding hydrogens is 498 g/mol. The van der Waals surface area contributed by atoms with Gasteiger partial charge in [0, 0.05) is 37.0 Å². The molecule has 4 rings (SSSR count). The van der Waals surface area contributed by atoms with Gasteiger partial charge in [-0.3, -0.25) is 4.79 Å². The fourth-order valence-corrected chi connectivity index (χ4v) is 7.73. The van der Waals surface area contributed by atoms with Crippen LogP contribution in [-0.4, -0.2) is 80.4 Å². The minimum absolute atomic E-state index is 0.176. The third-order valence-corrected chi connectivity index (χ3v) is 14.8. The van der Waals surface area contributed by atoms with Gasteiger partial charge < -0.3 is 19.5 Å². The number of anilines is 1. The highest BCUT2D eigenvalue weighted by Crippen LogP contribution is 2.47. The molecule has 1 atom stereocenters. The quantitative estimate of drug-likeness (QED) is 0.397. The molecular formula is C28H47N5O2SSi. The van der Waals surface area contributed by atoms with E-state index in [0.29, 0.717) is 31.7 Å². The van der Waals surface area contributed by atoms with Crippen molar-refractivity contribution in [2.75, 3.05) is 39.6 Å². The highest BCUT2D eigenvalue weighted by molar-refractivity contribution is 7.19. The van der Waals surface area contributed by atoms with E-state index in [1.54, 1.807) is 17.7 Å². The standard InChI is InChI=1S/C28H47N5O2SSi/c1-28(2,3)37(7,8)35-16-15-33(6)23(34)17-19-9-14-22-24(19)25-26(29-18-30-27(25)36-22)31-20-10-12-21(13-11-20)32(4)5/h18-21H,9-17H2,1-8H3,(H,29,30,31)/t19?,20-,21-. The van der Waals surface area contributed by atoms with E-state index in [1.165, 1.54) is 23.3 Å². The van der Waals surface area contributed by atoms with E-state index in [2.05, 4.69) is 63.2 Å². The predicted molar refractivity (Wildman–Crippen MR) is 157 cm³/mol. The zero-order valence-corrected chi connectivity index (χ0v) is 26.0. The Hall–Kier alpha value is -1.55. The van der Waals surface area contributed by atoms with Crippen LogP contribution in [0.3, 0.4) is 0 Å². The van der Waals surface area contributed by atoms with Crippen LogP contribution in [0, 0.1) is 0 Å². The molecule has 0 radical (unpaired) electrons. The van der Waals surface area contributed by atoms with Crippen molar-refractivity contribution in [1.29, 1.82) is 0 Å². The third kappa shape index (κ3) is 6.37. The number of aryl methyl sites for hydroxylation is 1. The zero-order chi connectivity index (χ0) is 27.0. The zero-order valence-electron chi connectivity index (χ0n) is 24.2. The summed E-state index contributed by atoms with van der Waals surface area (Å²) in [4.78, 5) is 29.2. The van der Waals surface area contributed by atoms with Crippen LogP contribution in [-0.2, 0) is 15.6 Å². The first-order valence-electron chi connectivity index (χ1n) is 13.9. The molecule has 1 saturated carbocycles. The number of nitrogens with one attached hydrogen (secondary N) is 1. The fourth-order valence-electron chi connectivity index (χ4n) is 5.46. The lowest BCUT2D eigenvalue weighted by Gasteiger charge is -2.36. The number of rotatable bonds is 9. The Kier molecular flexibility index (Phi) is 8.68. The second-order valence-corrected chi connectivity index (χ2v) is 18.7. The van der Waals surface area contributed by atoms with E-state index in [1.807, 2.05) is 11.9 Å². The van der Waals surface area contributed by atoms with E-state index in [4.69, 9.17) is 9.41 Å². The number of aromatic nitrogens is 2. The average Bonchev–Trinajstić information content (AvgIpc) is 3.38. The Morgan fingerprint density at radius 1 is 1.14 bits per heavy atom. The molecule has 0 aromatic carbocycles. The number of thiophene rings is 1. The van der Waals surface area contributed by atoms with E-state index in [9.17, 15) is 4.79 Å². The molecule has 0 spiro atoms. The van der Waals surface area contributed by atoms with Crippen molar-refractivity contribution >= 4 is 41.6 Å². The van der Waals surface area contributed by atoms with Crippen molar-refractivity contribution < 1.29 is 9.22 Å². The van der Waals surface area contributed by atoms with Crippen molar-refractivity contribution in [3.8, 4) is 0 Å². The van der Waals surface area contributed by atoms with Gasteiger partial charge in [-0.2, -0.15) is 0 Å².